The highest BCUT2D eigenvalue weighted by Gasteiger charge is 2.23. The molecule has 25 heavy (non-hydrogen) atoms. The minimum atomic E-state index is 0.0697. The zero-order valence-electron chi connectivity index (χ0n) is 14.9. The van der Waals surface area contributed by atoms with Gasteiger partial charge in [0.1, 0.15) is 10.6 Å². The lowest BCUT2D eigenvalue weighted by atomic mass is 9.97. The molecule has 0 amide bonds. The normalized spacial score (nSPS) is 15.4. The number of nitrogens with one attached hydrogen (secondary N) is 2. The molecule has 1 atom stereocenters. The second-order valence-electron chi connectivity index (χ2n) is 6.95. The average Bonchev–Trinajstić information content (AvgIpc) is 3.12. The summed E-state index contributed by atoms with van der Waals surface area (Å²) >= 11 is 1.82. The molecule has 3 aromatic rings. The lowest BCUT2D eigenvalue weighted by Crippen LogP contribution is -2.25. The monoisotopic (exact) mass is 356 g/mol. The van der Waals surface area contributed by atoms with E-state index in [0.29, 0.717) is 6.54 Å². The number of H-pyrrole nitrogens is 1. The van der Waals surface area contributed by atoms with Crippen LogP contribution in [0.15, 0.2) is 0 Å². The number of thiophene rings is 1. The maximum Gasteiger partial charge on any atom is 0.166 e. The van der Waals surface area contributed by atoms with Crippen molar-refractivity contribution in [2.75, 3.05) is 11.9 Å². The van der Waals surface area contributed by atoms with Gasteiger partial charge >= 0.3 is 0 Å². The summed E-state index contributed by atoms with van der Waals surface area (Å²) in [4.78, 5) is 12.3. The molecule has 3 heterocycles. The Morgan fingerprint density at radius 3 is 2.76 bits per heavy atom. The Morgan fingerprint density at radius 1 is 1.24 bits per heavy atom. The fourth-order valence-corrected chi connectivity index (χ4v) is 4.80. The molecule has 6 nitrogen and oxygen atoms in total. The van der Waals surface area contributed by atoms with Gasteiger partial charge in [0, 0.05) is 23.2 Å². The van der Waals surface area contributed by atoms with Gasteiger partial charge in [0.05, 0.1) is 16.6 Å². The van der Waals surface area contributed by atoms with Crippen molar-refractivity contribution in [2.45, 2.75) is 52.5 Å². The number of aromatic amines is 1. The van der Waals surface area contributed by atoms with Crippen LogP contribution in [0, 0.1) is 13.8 Å². The molecule has 0 radical (unpaired) electrons. The fraction of sp³-hybridized carbons (Fsp3) is 0.500. The Balaban J connectivity index is 1.91. The van der Waals surface area contributed by atoms with E-state index in [1.165, 1.54) is 28.7 Å². The van der Waals surface area contributed by atoms with Gasteiger partial charge < -0.3 is 11.1 Å². The summed E-state index contributed by atoms with van der Waals surface area (Å²) in [7, 11) is 0. The average molecular weight is 356 g/mol. The van der Waals surface area contributed by atoms with Gasteiger partial charge in [-0.25, -0.2) is 9.97 Å². The molecule has 1 aliphatic rings. The third kappa shape index (κ3) is 2.91. The van der Waals surface area contributed by atoms with Crippen molar-refractivity contribution in [3.63, 3.8) is 0 Å². The van der Waals surface area contributed by atoms with E-state index >= 15 is 0 Å². The summed E-state index contributed by atoms with van der Waals surface area (Å²) in [5.41, 5.74) is 10.3. The Labute approximate surface area is 151 Å². The van der Waals surface area contributed by atoms with Gasteiger partial charge in [-0.05, 0) is 52.0 Å². The number of rotatable bonds is 4. The smallest absolute Gasteiger partial charge is 0.166 e. The van der Waals surface area contributed by atoms with E-state index in [2.05, 4.69) is 15.5 Å². The maximum atomic E-state index is 5.96. The Hall–Kier alpha value is -1.99. The molecule has 0 saturated heterocycles. The van der Waals surface area contributed by atoms with E-state index in [4.69, 9.17) is 15.7 Å². The first kappa shape index (κ1) is 16.5. The molecular formula is C18H24N6S. The number of fused-ring (bicyclic) bond motifs is 3. The minimum absolute atomic E-state index is 0.0697. The van der Waals surface area contributed by atoms with E-state index in [1.807, 2.05) is 32.1 Å². The summed E-state index contributed by atoms with van der Waals surface area (Å²) < 4.78 is 0. The van der Waals surface area contributed by atoms with Crippen LogP contribution in [0.1, 0.15) is 41.6 Å². The van der Waals surface area contributed by atoms with E-state index in [-0.39, 0.29) is 6.04 Å². The third-order valence-corrected chi connectivity index (χ3v) is 5.94. The summed E-state index contributed by atoms with van der Waals surface area (Å²) in [5, 5.41) is 12.0. The first-order chi connectivity index (χ1) is 12.0. The Kier molecular flexibility index (Phi) is 4.21. The van der Waals surface area contributed by atoms with Crippen molar-refractivity contribution in [2.24, 2.45) is 5.73 Å². The van der Waals surface area contributed by atoms with Crippen LogP contribution in [0.4, 0.5) is 5.82 Å². The van der Waals surface area contributed by atoms with Crippen molar-refractivity contribution in [3.8, 4) is 11.4 Å². The van der Waals surface area contributed by atoms with Crippen LogP contribution in [-0.4, -0.2) is 32.8 Å². The number of nitrogens with two attached hydrogens (primary N) is 1. The number of hydrogen-bond donors (Lipinski definition) is 3. The molecule has 4 N–H and O–H groups in total. The standard InChI is InChI=1S/C18H24N6S/c1-9(19)8-20-16-15-12-6-4-5-7-13(12)25-18(15)22-17(21-16)14-10(2)23-24-11(14)3/h9H,4-8,19H2,1-3H3,(H,23,24)(H,20,21,22)/t9-/m1/s1. The summed E-state index contributed by atoms with van der Waals surface area (Å²) in [6, 6.07) is 0.0697. The van der Waals surface area contributed by atoms with Gasteiger partial charge in [-0.2, -0.15) is 5.10 Å². The van der Waals surface area contributed by atoms with Crippen LogP contribution >= 0.6 is 11.3 Å². The highest BCUT2D eigenvalue weighted by Crippen LogP contribution is 2.40. The molecule has 132 valence electrons. The largest absolute Gasteiger partial charge is 0.368 e. The molecule has 0 aromatic carbocycles. The quantitative estimate of drug-likeness (QED) is 0.667. The molecule has 0 fully saturated rings. The molecule has 3 aromatic heterocycles. The second-order valence-corrected chi connectivity index (χ2v) is 8.04. The van der Waals surface area contributed by atoms with Gasteiger partial charge in [-0.1, -0.05) is 0 Å². The first-order valence-corrected chi connectivity index (χ1v) is 9.70. The molecule has 4 rings (SSSR count). The summed E-state index contributed by atoms with van der Waals surface area (Å²) in [5.74, 6) is 1.65. The van der Waals surface area contributed by atoms with Crippen molar-refractivity contribution in [1.82, 2.24) is 20.2 Å². The number of hydrogen-bond acceptors (Lipinski definition) is 6. The Morgan fingerprint density at radius 2 is 2.04 bits per heavy atom. The van der Waals surface area contributed by atoms with Crippen LogP contribution in [0.2, 0.25) is 0 Å². The molecule has 0 saturated carbocycles. The highest BCUT2D eigenvalue weighted by atomic mass is 32.1. The molecule has 7 heteroatoms. The second kappa shape index (κ2) is 6.38. The molecule has 0 unspecified atom stereocenters. The molecule has 1 aliphatic carbocycles. The van der Waals surface area contributed by atoms with Gasteiger partial charge in [0.2, 0.25) is 0 Å². The van der Waals surface area contributed by atoms with Crippen molar-refractivity contribution < 1.29 is 0 Å². The topological polar surface area (TPSA) is 92.5 Å². The van der Waals surface area contributed by atoms with Gasteiger partial charge in [0.25, 0.3) is 0 Å². The summed E-state index contributed by atoms with van der Waals surface area (Å²) in [6.45, 7) is 6.69. The van der Waals surface area contributed by atoms with Gasteiger partial charge in [-0.15, -0.1) is 11.3 Å². The molecular weight excluding hydrogens is 332 g/mol. The predicted octanol–water partition coefficient (Wildman–Crippen LogP) is 3.34. The molecule has 0 spiro atoms. The van der Waals surface area contributed by atoms with E-state index in [9.17, 15) is 0 Å². The lowest BCUT2D eigenvalue weighted by Gasteiger charge is -2.14. The zero-order chi connectivity index (χ0) is 17.6. The lowest BCUT2D eigenvalue weighted by molar-refractivity contribution is 0.700. The van der Waals surface area contributed by atoms with Crippen LogP contribution < -0.4 is 11.1 Å². The van der Waals surface area contributed by atoms with E-state index in [0.717, 1.165) is 46.3 Å². The number of nitrogens with zero attached hydrogens (tertiary/aromatic N) is 3. The number of aromatic nitrogens is 4. The summed E-state index contributed by atoms with van der Waals surface area (Å²) in [6.07, 6.45) is 4.78. The van der Waals surface area contributed by atoms with Crippen molar-refractivity contribution >= 4 is 27.4 Å². The number of aryl methyl sites for hydroxylation is 4. The van der Waals surface area contributed by atoms with Gasteiger partial charge in [0.15, 0.2) is 5.82 Å². The maximum absolute atomic E-state index is 5.96. The van der Waals surface area contributed by atoms with Gasteiger partial charge in [-0.3, -0.25) is 5.10 Å². The highest BCUT2D eigenvalue weighted by molar-refractivity contribution is 7.19. The predicted molar refractivity (Wildman–Crippen MR) is 103 cm³/mol. The van der Waals surface area contributed by atoms with Crippen LogP contribution in [0.5, 0.6) is 0 Å². The third-order valence-electron chi connectivity index (χ3n) is 4.76. The molecule has 0 bridgehead atoms. The van der Waals surface area contributed by atoms with Crippen molar-refractivity contribution in [1.29, 1.82) is 0 Å². The minimum Gasteiger partial charge on any atom is -0.368 e. The van der Waals surface area contributed by atoms with Crippen LogP contribution in [0.3, 0.4) is 0 Å². The first-order valence-electron chi connectivity index (χ1n) is 8.88. The zero-order valence-corrected chi connectivity index (χ0v) is 15.8. The van der Waals surface area contributed by atoms with Crippen molar-refractivity contribution in [3.05, 3.63) is 21.8 Å². The van der Waals surface area contributed by atoms with Crippen LogP contribution in [-0.2, 0) is 12.8 Å². The van der Waals surface area contributed by atoms with E-state index < -0.39 is 0 Å². The van der Waals surface area contributed by atoms with Crippen LogP contribution in [0.25, 0.3) is 21.6 Å². The fourth-order valence-electron chi connectivity index (χ4n) is 3.54. The molecule has 0 aliphatic heterocycles. The van der Waals surface area contributed by atoms with E-state index in [1.54, 1.807) is 0 Å². The SMILES string of the molecule is Cc1n[nH]c(C)c1-c1nc(NC[C@@H](C)N)c2c3c(sc2n1)CCCC3. The number of anilines is 1. The Bertz CT molecular complexity index is 904.